The molecule has 1 aliphatic rings. The molecule has 0 aromatic rings. The Labute approximate surface area is 106 Å². The Kier molecular flexibility index (Phi) is 10.9. The van der Waals surface area contributed by atoms with E-state index in [2.05, 4.69) is 31.0 Å². The lowest BCUT2D eigenvalue weighted by molar-refractivity contribution is 0.284. The first kappa shape index (κ1) is 17.5. The third kappa shape index (κ3) is 7.95. The Morgan fingerprint density at radius 3 is 2.27 bits per heavy atom. The predicted octanol–water partition coefficient (Wildman–Crippen LogP) is 2.81. The van der Waals surface area contributed by atoms with Gasteiger partial charge in [-0.2, -0.15) is 0 Å². The van der Waals surface area contributed by atoms with Gasteiger partial charge >= 0.3 is 0 Å². The van der Waals surface area contributed by atoms with Crippen molar-refractivity contribution >= 4 is 24.8 Å². The summed E-state index contributed by atoms with van der Waals surface area (Å²) < 4.78 is 0. The van der Waals surface area contributed by atoms with Crippen molar-refractivity contribution in [2.45, 2.75) is 39.2 Å². The van der Waals surface area contributed by atoms with Crippen molar-refractivity contribution in [3.63, 3.8) is 0 Å². The lowest BCUT2D eigenvalue weighted by atomic mass is 10.1. The Hall–Kier alpha value is 0.0800. The average molecular weight is 255 g/mol. The number of likely N-dealkylation sites (tertiary alicyclic amines) is 1. The summed E-state index contributed by atoms with van der Waals surface area (Å²) in [5.41, 5.74) is 5.82. The highest BCUT2D eigenvalue weighted by Gasteiger charge is 2.12. The molecule has 15 heavy (non-hydrogen) atoms. The van der Waals surface area contributed by atoms with Gasteiger partial charge in [0.05, 0.1) is 0 Å². The lowest BCUT2D eigenvalue weighted by Gasteiger charge is -2.28. The van der Waals surface area contributed by atoms with Crippen molar-refractivity contribution in [2.24, 2.45) is 11.7 Å². The van der Waals surface area contributed by atoms with Crippen LogP contribution in [0.2, 0.25) is 0 Å². The van der Waals surface area contributed by atoms with Crippen molar-refractivity contribution in [1.82, 2.24) is 4.90 Å². The molecule has 1 saturated heterocycles. The molecule has 2 N–H and O–H groups in total. The SMILES string of the molecule is CC(C)C/C=C/N1CCC(N)CC1.Cl.Cl. The van der Waals surface area contributed by atoms with Gasteiger partial charge in [0.25, 0.3) is 0 Å². The molecular weight excluding hydrogens is 231 g/mol. The van der Waals surface area contributed by atoms with E-state index in [0.717, 1.165) is 31.8 Å². The summed E-state index contributed by atoms with van der Waals surface area (Å²) >= 11 is 0. The van der Waals surface area contributed by atoms with Crippen molar-refractivity contribution in [3.05, 3.63) is 12.3 Å². The number of rotatable bonds is 3. The van der Waals surface area contributed by atoms with E-state index in [1.807, 2.05) is 0 Å². The van der Waals surface area contributed by atoms with Crippen molar-refractivity contribution in [2.75, 3.05) is 13.1 Å². The molecule has 4 heteroatoms. The summed E-state index contributed by atoms with van der Waals surface area (Å²) in [6, 6.07) is 0.440. The molecule has 0 spiro atoms. The van der Waals surface area contributed by atoms with Gasteiger partial charge < -0.3 is 10.6 Å². The van der Waals surface area contributed by atoms with Gasteiger partial charge in [-0.05, 0) is 31.4 Å². The van der Waals surface area contributed by atoms with Gasteiger partial charge in [0, 0.05) is 19.1 Å². The standard InChI is InChI=1S/C11H22N2.2ClH/c1-10(2)4-3-7-13-8-5-11(12)6-9-13;;/h3,7,10-11H,4-6,8-9,12H2,1-2H3;2*1H/b7-3+;;. The molecule has 0 amide bonds. The van der Waals surface area contributed by atoms with Gasteiger partial charge in [-0.15, -0.1) is 24.8 Å². The molecule has 2 nitrogen and oxygen atoms in total. The minimum atomic E-state index is 0. The smallest absolute Gasteiger partial charge is 0.0187 e. The third-order valence-corrected chi connectivity index (χ3v) is 2.50. The number of piperidine rings is 1. The molecule has 1 rings (SSSR count). The van der Waals surface area contributed by atoms with Gasteiger partial charge in [-0.25, -0.2) is 0 Å². The van der Waals surface area contributed by atoms with Gasteiger partial charge in [0.1, 0.15) is 0 Å². The molecule has 0 atom stereocenters. The molecule has 0 radical (unpaired) electrons. The average Bonchev–Trinajstić information content (AvgIpc) is 2.08. The highest BCUT2D eigenvalue weighted by atomic mass is 35.5. The van der Waals surface area contributed by atoms with Crippen LogP contribution in [-0.4, -0.2) is 24.0 Å². The van der Waals surface area contributed by atoms with E-state index in [9.17, 15) is 0 Å². The van der Waals surface area contributed by atoms with Crippen LogP contribution in [0.3, 0.4) is 0 Å². The van der Waals surface area contributed by atoms with E-state index in [1.165, 1.54) is 6.42 Å². The minimum absolute atomic E-state index is 0. The first-order valence-corrected chi connectivity index (χ1v) is 5.35. The van der Waals surface area contributed by atoms with E-state index in [1.54, 1.807) is 0 Å². The molecule has 92 valence electrons. The number of nitrogens with zero attached hydrogens (tertiary/aromatic N) is 1. The van der Waals surface area contributed by atoms with E-state index in [-0.39, 0.29) is 24.8 Å². The molecule has 0 unspecified atom stereocenters. The zero-order valence-corrected chi connectivity index (χ0v) is 11.3. The largest absolute Gasteiger partial charge is 0.378 e. The maximum atomic E-state index is 5.82. The maximum Gasteiger partial charge on any atom is 0.0187 e. The van der Waals surface area contributed by atoms with Crippen LogP contribution < -0.4 is 5.73 Å². The second-order valence-electron chi connectivity index (χ2n) is 4.39. The zero-order valence-electron chi connectivity index (χ0n) is 9.69. The van der Waals surface area contributed by atoms with E-state index < -0.39 is 0 Å². The van der Waals surface area contributed by atoms with Crippen LogP contribution >= 0.6 is 24.8 Å². The molecule has 0 aliphatic carbocycles. The second kappa shape index (κ2) is 9.32. The highest BCUT2D eigenvalue weighted by molar-refractivity contribution is 5.85. The number of hydrogen-bond donors (Lipinski definition) is 1. The van der Waals surface area contributed by atoms with Crippen LogP contribution in [-0.2, 0) is 0 Å². The fourth-order valence-electron chi connectivity index (χ4n) is 1.55. The summed E-state index contributed by atoms with van der Waals surface area (Å²) in [4.78, 5) is 2.38. The first-order chi connectivity index (χ1) is 6.18. The zero-order chi connectivity index (χ0) is 9.68. The Morgan fingerprint density at radius 2 is 1.80 bits per heavy atom. The Bertz CT molecular complexity index is 164. The summed E-state index contributed by atoms with van der Waals surface area (Å²) in [7, 11) is 0. The molecule has 1 fully saturated rings. The monoisotopic (exact) mass is 254 g/mol. The molecule has 0 aromatic carbocycles. The molecule has 0 bridgehead atoms. The normalized spacial score (nSPS) is 17.7. The minimum Gasteiger partial charge on any atom is -0.378 e. The van der Waals surface area contributed by atoms with Crippen LogP contribution in [0.5, 0.6) is 0 Å². The van der Waals surface area contributed by atoms with Crippen LogP contribution in [0, 0.1) is 5.92 Å². The third-order valence-electron chi connectivity index (χ3n) is 2.50. The number of hydrogen-bond acceptors (Lipinski definition) is 2. The van der Waals surface area contributed by atoms with Crippen LogP contribution in [0.1, 0.15) is 33.1 Å². The van der Waals surface area contributed by atoms with E-state index in [0.29, 0.717) is 6.04 Å². The van der Waals surface area contributed by atoms with Crippen LogP contribution in [0.15, 0.2) is 12.3 Å². The van der Waals surface area contributed by atoms with Crippen molar-refractivity contribution < 1.29 is 0 Å². The lowest BCUT2D eigenvalue weighted by Crippen LogP contribution is -2.36. The Balaban J connectivity index is 0. The van der Waals surface area contributed by atoms with Crippen molar-refractivity contribution in [3.8, 4) is 0 Å². The van der Waals surface area contributed by atoms with E-state index in [4.69, 9.17) is 5.73 Å². The van der Waals surface area contributed by atoms with Gasteiger partial charge in [0.2, 0.25) is 0 Å². The summed E-state index contributed by atoms with van der Waals surface area (Å²) in [5, 5.41) is 0. The quantitative estimate of drug-likeness (QED) is 0.840. The Morgan fingerprint density at radius 1 is 1.27 bits per heavy atom. The number of nitrogens with two attached hydrogens (primary N) is 1. The number of halogens is 2. The molecule has 0 saturated carbocycles. The van der Waals surface area contributed by atoms with Crippen LogP contribution in [0.4, 0.5) is 0 Å². The van der Waals surface area contributed by atoms with E-state index >= 15 is 0 Å². The summed E-state index contributed by atoms with van der Waals surface area (Å²) in [5.74, 6) is 0.767. The molecule has 1 aliphatic heterocycles. The molecular formula is C11H24Cl2N2. The second-order valence-corrected chi connectivity index (χ2v) is 4.39. The first-order valence-electron chi connectivity index (χ1n) is 5.35. The van der Waals surface area contributed by atoms with Crippen LogP contribution in [0.25, 0.3) is 0 Å². The predicted molar refractivity (Wildman–Crippen MR) is 71.9 cm³/mol. The molecule has 1 heterocycles. The van der Waals surface area contributed by atoms with Gasteiger partial charge in [-0.3, -0.25) is 0 Å². The fourth-order valence-corrected chi connectivity index (χ4v) is 1.55. The summed E-state index contributed by atoms with van der Waals surface area (Å²) in [6.07, 6.45) is 7.99. The summed E-state index contributed by atoms with van der Waals surface area (Å²) in [6.45, 7) is 6.76. The van der Waals surface area contributed by atoms with Gasteiger partial charge in [0.15, 0.2) is 0 Å². The number of allylic oxidation sites excluding steroid dienone is 1. The highest BCUT2D eigenvalue weighted by Crippen LogP contribution is 2.09. The topological polar surface area (TPSA) is 29.3 Å². The van der Waals surface area contributed by atoms with Gasteiger partial charge in [-0.1, -0.05) is 19.9 Å². The van der Waals surface area contributed by atoms with Crippen molar-refractivity contribution in [1.29, 1.82) is 0 Å². The fraction of sp³-hybridized carbons (Fsp3) is 0.818. The molecule has 0 aromatic heterocycles. The maximum absolute atomic E-state index is 5.82.